The highest BCUT2D eigenvalue weighted by molar-refractivity contribution is 5.92. The lowest BCUT2D eigenvalue weighted by atomic mass is 9.97. The summed E-state index contributed by atoms with van der Waals surface area (Å²) in [6.45, 7) is 2.78. The van der Waals surface area contributed by atoms with Crippen LogP contribution in [-0.2, 0) is 43.1 Å². The van der Waals surface area contributed by atoms with Crippen molar-refractivity contribution in [1.82, 2.24) is 16.0 Å². The summed E-state index contributed by atoms with van der Waals surface area (Å²) >= 11 is 0. The van der Waals surface area contributed by atoms with E-state index in [2.05, 4.69) is 16.0 Å². The third-order valence-corrected chi connectivity index (χ3v) is 6.85. The van der Waals surface area contributed by atoms with Gasteiger partial charge in [-0.15, -0.1) is 0 Å². The number of Topliss-reactive ketones (excluding diaryl/α,β-unsaturated/α-hetero) is 3. The molecule has 0 aromatic heterocycles. The first-order chi connectivity index (χ1) is 22.0. The molecule has 0 rings (SSSR count). The van der Waals surface area contributed by atoms with Crippen LogP contribution in [0.2, 0.25) is 0 Å². The molecule has 0 aliphatic heterocycles. The minimum atomic E-state index is -2.29. The Hall–Kier alpha value is -3.84. The molecule has 0 aromatic carbocycles. The zero-order chi connectivity index (χ0) is 36.1. The second kappa shape index (κ2) is 23.5. The Kier molecular flexibility index (Phi) is 21.6. The summed E-state index contributed by atoms with van der Waals surface area (Å²) in [5, 5.41) is 65.3. The van der Waals surface area contributed by atoms with E-state index in [0.29, 0.717) is 0 Å². The van der Waals surface area contributed by atoms with Crippen LogP contribution < -0.4 is 16.0 Å². The van der Waals surface area contributed by atoms with Crippen LogP contribution in [0.25, 0.3) is 0 Å². The van der Waals surface area contributed by atoms with Crippen LogP contribution in [-0.4, -0.2) is 134 Å². The average molecular weight is 678 g/mol. The van der Waals surface area contributed by atoms with Crippen molar-refractivity contribution in [2.45, 2.75) is 102 Å². The normalized spacial score (nSPS) is 14.9. The summed E-state index contributed by atoms with van der Waals surface area (Å²) in [6, 6.07) is -1.36. The standard InChI is InChI=1S/C29H47N3O15/c1-3-17(14-22(37)38)28(45)30-10-5-7-20(35)24(41)25(42)26(43)27(44)29(46)31-11-4-6-19(34)18(15-23(39)40)32-21(36)9-13-47-12-8-16(2)33/h17-18,24-27,41-44H,3-15H2,1-2H3,(H,30,45)(H,31,46)(H,32,36)(H,37,38)(H,39,40)/t17-,18-,24-,25+,26+,27-/m0/s1. The van der Waals surface area contributed by atoms with E-state index in [1.54, 1.807) is 6.92 Å². The molecule has 6 atom stereocenters. The Morgan fingerprint density at radius 3 is 1.70 bits per heavy atom. The van der Waals surface area contributed by atoms with Gasteiger partial charge in [0.15, 0.2) is 17.7 Å². The van der Waals surface area contributed by atoms with Crippen LogP contribution in [0.15, 0.2) is 0 Å². The first-order valence-electron chi connectivity index (χ1n) is 15.1. The van der Waals surface area contributed by atoms with Gasteiger partial charge in [-0.2, -0.15) is 0 Å². The molecule has 0 fully saturated rings. The number of carboxylic acid groups (broad SMARTS) is 2. The number of ketones is 3. The molecule has 0 aliphatic rings. The van der Waals surface area contributed by atoms with Gasteiger partial charge < -0.3 is 51.3 Å². The van der Waals surface area contributed by atoms with Gasteiger partial charge in [0, 0.05) is 44.7 Å². The number of nitrogens with one attached hydrogen (secondary N) is 3. The fraction of sp³-hybridized carbons (Fsp3) is 0.724. The number of carbonyl (C=O) groups is 8. The monoisotopic (exact) mass is 677 g/mol. The van der Waals surface area contributed by atoms with Gasteiger partial charge in [-0.1, -0.05) is 6.92 Å². The Morgan fingerprint density at radius 2 is 1.17 bits per heavy atom. The van der Waals surface area contributed by atoms with Crippen molar-refractivity contribution in [3.8, 4) is 0 Å². The van der Waals surface area contributed by atoms with Crippen molar-refractivity contribution in [3.63, 3.8) is 0 Å². The van der Waals surface area contributed by atoms with Crippen LogP contribution in [0.3, 0.4) is 0 Å². The van der Waals surface area contributed by atoms with Gasteiger partial charge >= 0.3 is 11.9 Å². The smallest absolute Gasteiger partial charge is 0.305 e. The third-order valence-electron chi connectivity index (χ3n) is 6.85. The minimum Gasteiger partial charge on any atom is -0.481 e. The van der Waals surface area contributed by atoms with Crippen LogP contribution >= 0.6 is 0 Å². The maximum Gasteiger partial charge on any atom is 0.305 e. The Bertz CT molecular complexity index is 1080. The molecule has 0 saturated carbocycles. The number of rotatable bonds is 27. The maximum atomic E-state index is 12.5. The Morgan fingerprint density at radius 1 is 0.660 bits per heavy atom. The summed E-state index contributed by atoms with van der Waals surface area (Å²) in [6.07, 6.45) is -10.6. The number of carboxylic acids is 2. The van der Waals surface area contributed by atoms with Crippen molar-refractivity contribution >= 4 is 47.0 Å². The molecular formula is C29H47N3O15. The fourth-order valence-electron chi connectivity index (χ4n) is 4.04. The Labute approximate surface area is 271 Å². The molecule has 0 aliphatic carbocycles. The number of hydrogen-bond acceptors (Lipinski definition) is 13. The molecule has 9 N–H and O–H groups in total. The first-order valence-corrected chi connectivity index (χ1v) is 15.1. The lowest BCUT2D eigenvalue weighted by Crippen LogP contribution is -2.52. The van der Waals surface area contributed by atoms with Gasteiger partial charge in [-0.05, 0) is 26.2 Å². The van der Waals surface area contributed by atoms with Gasteiger partial charge in [0.25, 0.3) is 5.91 Å². The van der Waals surface area contributed by atoms with E-state index >= 15 is 0 Å². The molecule has 268 valence electrons. The van der Waals surface area contributed by atoms with E-state index in [1.165, 1.54) is 6.92 Å². The summed E-state index contributed by atoms with van der Waals surface area (Å²) in [4.78, 5) is 93.9. The molecule has 0 spiro atoms. The topological polar surface area (TPSA) is 303 Å². The van der Waals surface area contributed by atoms with Crippen LogP contribution in [0.4, 0.5) is 0 Å². The van der Waals surface area contributed by atoms with Gasteiger partial charge in [-0.3, -0.25) is 38.4 Å². The zero-order valence-electron chi connectivity index (χ0n) is 26.5. The number of hydrogen-bond donors (Lipinski definition) is 9. The van der Waals surface area contributed by atoms with Crippen molar-refractivity contribution < 1.29 is 73.7 Å². The Balaban J connectivity index is 4.65. The van der Waals surface area contributed by atoms with E-state index in [9.17, 15) is 58.8 Å². The molecule has 3 amide bonds. The molecule has 0 heterocycles. The summed E-state index contributed by atoms with van der Waals surface area (Å²) in [7, 11) is 0. The average Bonchev–Trinajstić information content (AvgIpc) is 3.00. The second-order valence-electron chi connectivity index (χ2n) is 10.8. The molecule has 0 radical (unpaired) electrons. The molecule has 47 heavy (non-hydrogen) atoms. The summed E-state index contributed by atoms with van der Waals surface area (Å²) in [5.74, 6) is -7.35. The second-order valence-corrected chi connectivity index (χ2v) is 10.8. The number of aliphatic hydroxyl groups is 4. The number of aliphatic carboxylic acids is 2. The van der Waals surface area contributed by atoms with E-state index in [-0.39, 0.29) is 83.5 Å². The lowest BCUT2D eigenvalue weighted by molar-refractivity contribution is -0.154. The number of aliphatic hydroxyl groups excluding tert-OH is 4. The number of carbonyl (C=O) groups excluding carboxylic acids is 6. The minimum absolute atomic E-state index is 0.00333. The van der Waals surface area contributed by atoms with Gasteiger partial charge in [0.2, 0.25) is 11.8 Å². The fourth-order valence-corrected chi connectivity index (χ4v) is 4.04. The van der Waals surface area contributed by atoms with Crippen LogP contribution in [0.5, 0.6) is 0 Å². The highest BCUT2D eigenvalue weighted by Gasteiger charge is 2.37. The molecule has 0 unspecified atom stereocenters. The van der Waals surface area contributed by atoms with Crippen molar-refractivity contribution in [1.29, 1.82) is 0 Å². The predicted octanol–water partition coefficient (Wildman–Crippen LogP) is -2.79. The van der Waals surface area contributed by atoms with E-state index < -0.39 is 84.0 Å². The highest BCUT2D eigenvalue weighted by Crippen LogP contribution is 2.11. The molecule has 0 aromatic rings. The number of amides is 3. The third kappa shape index (κ3) is 18.8. The first kappa shape index (κ1) is 43.2. The predicted molar refractivity (Wildman–Crippen MR) is 159 cm³/mol. The van der Waals surface area contributed by atoms with E-state index in [4.69, 9.17) is 14.9 Å². The van der Waals surface area contributed by atoms with Gasteiger partial charge in [0.05, 0.1) is 32.1 Å². The number of ether oxygens (including phenoxy) is 1. The van der Waals surface area contributed by atoms with Crippen molar-refractivity contribution in [2.24, 2.45) is 5.92 Å². The van der Waals surface area contributed by atoms with Gasteiger partial charge in [0.1, 0.15) is 24.1 Å². The van der Waals surface area contributed by atoms with E-state index in [0.717, 1.165) is 0 Å². The largest absolute Gasteiger partial charge is 0.481 e. The maximum absolute atomic E-state index is 12.5. The highest BCUT2D eigenvalue weighted by atomic mass is 16.5. The van der Waals surface area contributed by atoms with Crippen molar-refractivity contribution in [3.05, 3.63) is 0 Å². The SMILES string of the molecule is CC[C@@H](CC(=O)O)C(=O)NCCCC(=O)[C@H](O)[C@@H](O)[C@@H](O)[C@H](O)C(=O)NCCCC(=O)[C@H](CC(=O)O)NC(=O)CCOCCC(C)=O. The lowest BCUT2D eigenvalue weighted by Gasteiger charge is -2.25. The van der Waals surface area contributed by atoms with Gasteiger partial charge in [-0.25, -0.2) is 0 Å². The quantitative estimate of drug-likeness (QED) is 0.0397. The molecular weight excluding hydrogens is 630 g/mol. The molecule has 0 bridgehead atoms. The van der Waals surface area contributed by atoms with Crippen LogP contribution in [0, 0.1) is 5.92 Å². The summed E-state index contributed by atoms with van der Waals surface area (Å²) < 4.78 is 5.13. The zero-order valence-corrected chi connectivity index (χ0v) is 26.5. The van der Waals surface area contributed by atoms with Crippen LogP contribution in [0.1, 0.15) is 71.6 Å². The van der Waals surface area contributed by atoms with E-state index in [1.807, 2.05) is 0 Å². The molecule has 18 heteroatoms. The molecule has 18 nitrogen and oxygen atoms in total. The molecule has 0 saturated heterocycles. The van der Waals surface area contributed by atoms with Crippen molar-refractivity contribution in [2.75, 3.05) is 26.3 Å². The summed E-state index contributed by atoms with van der Waals surface area (Å²) in [5.41, 5.74) is 0.